The lowest BCUT2D eigenvalue weighted by atomic mass is 10.2. The van der Waals surface area contributed by atoms with Crippen LogP contribution in [0, 0.1) is 0 Å². The van der Waals surface area contributed by atoms with Crippen LogP contribution in [-0.4, -0.2) is 17.4 Å². The van der Waals surface area contributed by atoms with Gasteiger partial charge in [-0.25, -0.2) is 0 Å². The molecular formula is C15H11ClN2O2. The zero-order valence-electron chi connectivity index (χ0n) is 10.4. The largest absolute Gasteiger partial charge is 0.446 e. The van der Waals surface area contributed by atoms with E-state index in [2.05, 4.69) is 5.10 Å². The van der Waals surface area contributed by atoms with E-state index in [1.807, 2.05) is 48.5 Å². The highest BCUT2D eigenvalue weighted by atomic mass is 35.5. The number of hydrazone groups is 1. The molecule has 0 saturated heterocycles. The molecule has 0 spiro atoms. The second-order valence-electron chi connectivity index (χ2n) is 4.19. The lowest BCUT2D eigenvalue weighted by Gasteiger charge is -2.26. The lowest BCUT2D eigenvalue weighted by Crippen LogP contribution is -2.41. The summed E-state index contributed by atoms with van der Waals surface area (Å²) in [6, 6.07) is 18.4. The van der Waals surface area contributed by atoms with Crippen LogP contribution in [0.2, 0.25) is 0 Å². The molecule has 4 nitrogen and oxygen atoms in total. The maximum absolute atomic E-state index is 12.1. The molecule has 0 radical (unpaired) electrons. The average Bonchev–Trinajstić information content (AvgIpc) is 2.51. The van der Waals surface area contributed by atoms with Gasteiger partial charge in [-0.15, -0.1) is 5.10 Å². The number of anilines is 1. The molecule has 0 aromatic heterocycles. The quantitative estimate of drug-likeness (QED) is 0.797. The Labute approximate surface area is 121 Å². The third-order valence-corrected chi connectivity index (χ3v) is 3.11. The first-order chi connectivity index (χ1) is 9.75. The van der Waals surface area contributed by atoms with E-state index in [1.165, 1.54) is 5.01 Å². The molecule has 0 saturated carbocycles. The molecule has 1 heterocycles. The molecule has 1 aliphatic heterocycles. The van der Waals surface area contributed by atoms with Crippen LogP contribution in [0.15, 0.2) is 65.8 Å². The van der Waals surface area contributed by atoms with Gasteiger partial charge in [-0.1, -0.05) is 48.0 Å². The fourth-order valence-electron chi connectivity index (χ4n) is 1.87. The van der Waals surface area contributed by atoms with Crippen molar-refractivity contribution in [1.29, 1.82) is 0 Å². The lowest BCUT2D eigenvalue weighted by molar-refractivity contribution is -0.123. The normalized spacial score (nSPS) is 18.4. The first-order valence-corrected chi connectivity index (χ1v) is 6.53. The number of ether oxygens (including phenoxy) is 1. The maximum Gasteiger partial charge on any atom is 0.304 e. The monoisotopic (exact) mass is 286 g/mol. The van der Waals surface area contributed by atoms with Gasteiger partial charge in [-0.2, -0.15) is 5.01 Å². The van der Waals surface area contributed by atoms with Crippen LogP contribution in [0.4, 0.5) is 5.69 Å². The molecule has 0 N–H and O–H groups in total. The van der Waals surface area contributed by atoms with Gasteiger partial charge in [0.15, 0.2) is 0 Å². The molecule has 0 bridgehead atoms. The summed E-state index contributed by atoms with van der Waals surface area (Å²) in [6.07, 6.45) is 0. The van der Waals surface area contributed by atoms with Crippen LogP contribution in [0.3, 0.4) is 0 Å². The van der Waals surface area contributed by atoms with E-state index < -0.39 is 11.5 Å². The third kappa shape index (κ3) is 2.38. The predicted molar refractivity (Wildman–Crippen MR) is 77.6 cm³/mol. The number of rotatable bonds is 2. The van der Waals surface area contributed by atoms with Crippen LogP contribution in [0.25, 0.3) is 0 Å². The van der Waals surface area contributed by atoms with E-state index in [0.29, 0.717) is 11.6 Å². The van der Waals surface area contributed by atoms with E-state index in [-0.39, 0.29) is 0 Å². The summed E-state index contributed by atoms with van der Waals surface area (Å²) in [6.45, 7) is 0. The van der Waals surface area contributed by atoms with Crippen LogP contribution >= 0.6 is 11.6 Å². The number of amides is 1. The molecule has 5 heteroatoms. The van der Waals surface area contributed by atoms with Gasteiger partial charge in [0.25, 0.3) is 5.56 Å². The first kappa shape index (κ1) is 12.7. The molecule has 3 rings (SSSR count). The number of hydrogen-bond acceptors (Lipinski definition) is 3. The first-order valence-electron chi connectivity index (χ1n) is 6.09. The van der Waals surface area contributed by atoms with Crippen molar-refractivity contribution in [1.82, 2.24) is 0 Å². The van der Waals surface area contributed by atoms with Crippen molar-refractivity contribution >= 4 is 29.1 Å². The third-order valence-electron chi connectivity index (χ3n) is 2.83. The molecule has 20 heavy (non-hydrogen) atoms. The summed E-state index contributed by atoms with van der Waals surface area (Å²) in [4.78, 5) is 12.1. The highest BCUT2D eigenvalue weighted by Gasteiger charge is 2.32. The Morgan fingerprint density at radius 2 is 1.60 bits per heavy atom. The number of carbonyl (C=O) groups is 1. The summed E-state index contributed by atoms with van der Waals surface area (Å²) in [5.74, 6) is -0.0772. The van der Waals surface area contributed by atoms with E-state index >= 15 is 0 Å². The smallest absolute Gasteiger partial charge is 0.304 e. The van der Waals surface area contributed by atoms with Gasteiger partial charge in [0.05, 0.1) is 5.69 Å². The maximum atomic E-state index is 12.1. The Kier molecular flexibility index (Phi) is 3.39. The molecule has 0 fully saturated rings. The second-order valence-corrected chi connectivity index (χ2v) is 4.59. The molecule has 100 valence electrons. The molecule has 0 aliphatic carbocycles. The summed E-state index contributed by atoms with van der Waals surface area (Å²) in [5.41, 5.74) is 0.342. The van der Waals surface area contributed by atoms with Crippen molar-refractivity contribution < 1.29 is 9.53 Å². The van der Waals surface area contributed by atoms with Crippen LogP contribution < -0.4 is 5.01 Å². The van der Waals surface area contributed by atoms with Gasteiger partial charge in [0.1, 0.15) is 0 Å². The van der Waals surface area contributed by atoms with E-state index in [1.54, 1.807) is 12.1 Å². The van der Waals surface area contributed by atoms with Crippen LogP contribution in [-0.2, 0) is 9.53 Å². The van der Waals surface area contributed by atoms with Crippen molar-refractivity contribution in [2.24, 2.45) is 5.10 Å². The zero-order valence-corrected chi connectivity index (χ0v) is 11.2. The Bertz CT molecular complexity index is 643. The van der Waals surface area contributed by atoms with Gasteiger partial charge in [-0.05, 0) is 24.3 Å². The van der Waals surface area contributed by atoms with Crippen molar-refractivity contribution in [3.63, 3.8) is 0 Å². The number of nitrogens with zero attached hydrogens (tertiary/aromatic N) is 2. The van der Waals surface area contributed by atoms with Gasteiger partial charge < -0.3 is 4.74 Å². The Balaban J connectivity index is 2.02. The van der Waals surface area contributed by atoms with E-state index in [0.717, 1.165) is 5.56 Å². The minimum atomic E-state index is -1.08. The molecule has 1 atom stereocenters. The summed E-state index contributed by atoms with van der Waals surface area (Å²) < 4.78 is 5.36. The minimum absolute atomic E-state index is 0.328. The molecule has 1 aliphatic rings. The van der Waals surface area contributed by atoms with Crippen molar-refractivity contribution in [2.45, 2.75) is 5.56 Å². The van der Waals surface area contributed by atoms with Gasteiger partial charge in [0.2, 0.25) is 5.90 Å². The van der Waals surface area contributed by atoms with Crippen molar-refractivity contribution in [3.8, 4) is 0 Å². The summed E-state index contributed by atoms with van der Waals surface area (Å²) >= 11 is 5.96. The predicted octanol–water partition coefficient (Wildman–Crippen LogP) is 2.98. The molecule has 1 amide bonds. The van der Waals surface area contributed by atoms with Crippen molar-refractivity contribution in [2.75, 3.05) is 5.01 Å². The van der Waals surface area contributed by atoms with Crippen LogP contribution in [0.5, 0.6) is 0 Å². The summed E-state index contributed by atoms with van der Waals surface area (Å²) in [5, 5.41) is 5.51. The topological polar surface area (TPSA) is 41.9 Å². The number of carbonyl (C=O) groups excluding carboxylic acids is 1. The summed E-state index contributed by atoms with van der Waals surface area (Å²) in [7, 11) is 0. The minimum Gasteiger partial charge on any atom is -0.446 e. The molecule has 2 aromatic carbocycles. The van der Waals surface area contributed by atoms with Gasteiger partial charge >= 0.3 is 5.91 Å². The molecule has 1 unspecified atom stereocenters. The number of hydrogen-bond donors (Lipinski definition) is 0. The fraction of sp³-hybridized carbons (Fsp3) is 0.0667. The zero-order chi connectivity index (χ0) is 13.9. The standard InChI is InChI=1S/C15H11ClN2O2/c16-13-15(19)18(12-9-5-2-6-10-12)17-14(20-13)11-7-3-1-4-8-11/h1-10,13H. The number of alkyl halides is 1. The number of para-hydroxylation sites is 1. The van der Waals surface area contributed by atoms with Gasteiger partial charge in [-0.3, -0.25) is 4.79 Å². The number of halogens is 1. The Hall–Kier alpha value is -2.33. The molecular weight excluding hydrogens is 276 g/mol. The van der Waals surface area contributed by atoms with E-state index in [4.69, 9.17) is 16.3 Å². The van der Waals surface area contributed by atoms with Gasteiger partial charge in [0, 0.05) is 5.56 Å². The Morgan fingerprint density at radius 3 is 2.25 bits per heavy atom. The van der Waals surface area contributed by atoms with Crippen molar-refractivity contribution in [3.05, 3.63) is 66.2 Å². The fourth-order valence-corrected chi connectivity index (χ4v) is 2.05. The SMILES string of the molecule is O=C1C(Cl)OC(c2ccccc2)=NN1c1ccccc1. The highest BCUT2D eigenvalue weighted by Crippen LogP contribution is 2.23. The molecule has 2 aromatic rings. The highest BCUT2D eigenvalue weighted by molar-refractivity contribution is 6.33. The Morgan fingerprint density at radius 1 is 1.00 bits per heavy atom. The second kappa shape index (κ2) is 5.35. The number of benzene rings is 2. The average molecular weight is 287 g/mol. The van der Waals surface area contributed by atoms with Crippen LogP contribution in [0.1, 0.15) is 5.56 Å². The van der Waals surface area contributed by atoms with E-state index in [9.17, 15) is 4.79 Å².